The quantitative estimate of drug-likeness (QED) is 0.837. The van der Waals surface area contributed by atoms with E-state index in [1.165, 1.54) is 0 Å². The standard InChI is InChI=1S/C12H19NO3/c1-13(8-11-2-5-16-9-11)10-12(14)3-6-15-7-4-12/h2,5,9,14H,3-4,6-8,10H2,1H3. The van der Waals surface area contributed by atoms with Crippen molar-refractivity contribution < 1.29 is 14.3 Å². The molecule has 0 radical (unpaired) electrons. The van der Waals surface area contributed by atoms with Crippen LogP contribution in [0.2, 0.25) is 0 Å². The van der Waals surface area contributed by atoms with Crippen LogP contribution in [-0.2, 0) is 11.3 Å². The van der Waals surface area contributed by atoms with E-state index in [1.54, 1.807) is 12.5 Å². The Morgan fingerprint density at radius 3 is 2.81 bits per heavy atom. The van der Waals surface area contributed by atoms with E-state index in [0.29, 0.717) is 19.8 Å². The average molecular weight is 225 g/mol. The third kappa shape index (κ3) is 3.07. The molecular weight excluding hydrogens is 206 g/mol. The monoisotopic (exact) mass is 225 g/mol. The van der Waals surface area contributed by atoms with Crippen LogP contribution in [0.15, 0.2) is 23.0 Å². The Morgan fingerprint density at radius 2 is 2.19 bits per heavy atom. The Balaban J connectivity index is 1.84. The molecule has 0 aliphatic carbocycles. The van der Waals surface area contributed by atoms with Gasteiger partial charge < -0.3 is 14.3 Å². The molecule has 1 N–H and O–H groups in total. The van der Waals surface area contributed by atoms with Gasteiger partial charge in [-0.05, 0) is 13.1 Å². The number of rotatable bonds is 4. The van der Waals surface area contributed by atoms with Crippen LogP contribution in [0, 0.1) is 0 Å². The molecule has 0 aromatic carbocycles. The van der Waals surface area contributed by atoms with Crippen molar-refractivity contribution in [3.05, 3.63) is 24.2 Å². The zero-order chi connectivity index (χ0) is 11.4. The van der Waals surface area contributed by atoms with E-state index >= 15 is 0 Å². The largest absolute Gasteiger partial charge is 0.472 e. The lowest BCUT2D eigenvalue weighted by molar-refractivity contribution is -0.0777. The smallest absolute Gasteiger partial charge is 0.0947 e. The number of hydrogen-bond donors (Lipinski definition) is 1. The molecule has 0 bridgehead atoms. The molecule has 2 heterocycles. The molecule has 16 heavy (non-hydrogen) atoms. The highest BCUT2D eigenvalue weighted by Crippen LogP contribution is 2.21. The van der Waals surface area contributed by atoms with Gasteiger partial charge in [0, 0.05) is 44.7 Å². The normalized spacial score (nSPS) is 20.2. The Morgan fingerprint density at radius 1 is 1.44 bits per heavy atom. The van der Waals surface area contributed by atoms with E-state index in [2.05, 4.69) is 4.90 Å². The Labute approximate surface area is 95.8 Å². The summed E-state index contributed by atoms with van der Waals surface area (Å²) in [5, 5.41) is 10.3. The van der Waals surface area contributed by atoms with Crippen LogP contribution in [0.5, 0.6) is 0 Å². The van der Waals surface area contributed by atoms with Crippen molar-refractivity contribution in [3.63, 3.8) is 0 Å². The first kappa shape index (κ1) is 11.6. The van der Waals surface area contributed by atoms with Crippen molar-refractivity contribution in [3.8, 4) is 0 Å². The molecule has 4 heteroatoms. The second kappa shape index (κ2) is 4.99. The SMILES string of the molecule is CN(Cc1ccoc1)CC1(O)CCOCC1. The number of hydrogen-bond acceptors (Lipinski definition) is 4. The molecule has 1 aliphatic heterocycles. The summed E-state index contributed by atoms with van der Waals surface area (Å²) < 4.78 is 10.3. The van der Waals surface area contributed by atoms with Crippen molar-refractivity contribution in [1.82, 2.24) is 4.90 Å². The molecule has 0 spiro atoms. The summed E-state index contributed by atoms with van der Waals surface area (Å²) in [6.07, 6.45) is 4.86. The highest BCUT2D eigenvalue weighted by molar-refractivity contribution is 5.05. The van der Waals surface area contributed by atoms with Crippen LogP contribution < -0.4 is 0 Å². The fourth-order valence-corrected chi connectivity index (χ4v) is 2.16. The molecule has 4 nitrogen and oxygen atoms in total. The zero-order valence-electron chi connectivity index (χ0n) is 9.69. The summed E-state index contributed by atoms with van der Waals surface area (Å²) in [5.74, 6) is 0. The second-order valence-electron chi connectivity index (χ2n) is 4.64. The van der Waals surface area contributed by atoms with Gasteiger partial charge in [-0.3, -0.25) is 4.90 Å². The molecular formula is C12H19NO3. The van der Waals surface area contributed by atoms with Gasteiger partial charge >= 0.3 is 0 Å². The van der Waals surface area contributed by atoms with Crippen molar-refractivity contribution in [2.45, 2.75) is 25.0 Å². The van der Waals surface area contributed by atoms with Gasteiger partial charge in [0.25, 0.3) is 0 Å². The molecule has 1 saturated heterocycles. The summed E-state index contributed by atoms with van der Waals surface area (Å²) in [4.78, 5) is 2.12. The fraction of sp³-hybridized carbons (Fsp3) is 0.667. The predicted molar refractivity (Wildman–Crippen MR) is 60.0 cm³/mol. The molecule has 0 amide bonds. The van der Waals surface area contributed by atoms with E-state index in [9.17, 15) is 5.11 Å². The lowest BCUT2D eigenvalue weighted by Crippen LogP contribution is -2.45. The van der Waals surface area contributed by atoms with Crippen molar-refractivity contribution in [2.75, 3.05) is 26.8 Å². The predicted octanol–water partition coefficient (Wildman–Crippen LogP) is 1.25. The highest BCUT2D eigenvalue weighted by atomic mass is 16.5. The van der Waals surface area contributed by atoms with Crippen molar-refractivity contribution in [1.29, 1.82) is 0 Å². The minimum atomic E-state index is -0.587. The van der Waals surface area contributed by atoms with Gasteiger partial charge in [0.15, 0.2) is 0 Å². The topological polar surface area (TPSA) is 45.8 Å². The van der Waals surface area contributed by atoms with Crippen LogP contribution in [0.3, 0.4) is 0 Å². The molecule has 0 unspecified atom stereocenters. The molecule has 90 valence electrons. The summed E-state index contributed by atoms with van der Waals surface area (Å²) in [6, 6.07) is 1.95. The van der Waals surface area contributed by atoms with Gasteiger partial charge in [-0.1, -0.05) is 0 Å². The molecule has 1 aliphatic rings. The minimum absolute atomic E-state index is 0.587. The zero-order valence-corrected chi connectivity index (χ0v) is 9.69. The van der Waals surface area contributed by atoms with Gasteiger partial charge in [0.05, 0.1) is 18.1 Å². The number of aliphatic hydroxyl groups is 1. The second-order valence-corrected chi connectivity index (χ2v) is 4.64. The van der Waals surface area contributed by atoms with Gasteiger partial charge in [-0.25, -0.2) is 0 Å². The summed E-state index contributed by atoms with van der Waals surface area (Å²) in [5.41, 5.74) is 0.551. The van der Waals surface area contributed by atoms with Gasteiger partial charge in [-0.15, -0.1) is 0 Å². The Bertz CT molecular complexity index is 304. The molecule has 1 aromatic rings. The van der Waals surface area contributed by atoms with Gasteiger partial charge in [0.1, 0.15) is 0 Å². The van der Waals surface area contributed by atoms with Crippen LogP contribution in [0.4, 0.5) is 0 Å². The Kier molecular flexibility index (Phi) is 3.63. The highest BCUT2D eigenvalue weighted by Gasteiger charge is 2.30. The van der Waals surface area contributed by atoms with Crippen LogP contribution in [0.1, 0.15) is 18.4 Å². The van der Waals surface area contributed by atoms with Crippen molar-refractivity contribution >= 4 is 0 Å². The lowest BCUT2D eigenvalue weighted by Gasteiger charge is -2.35. The average Bonchev–Trinajstić information content (AvgIpc) is 2.70. The van der Waals surface area contributed by atoms with Crippen LogP contribution in [-0.4, -0.2) is 42.4 Å². The van der Waals surface area contributed by atoms with Gasteiger partial charge in [-0.2, -0.15) is 0 Å². The van der Waals surface area contributed by atoms with Gasteiger partial charge in [0.2, 0.25) is 0 Å². The maximum absolute atomic E-state index is 10.3. The molecule has 1 aromatic heterocycles. The van der Waals surface area contributed by atoms with Crippen LogP contribution >= 0.6 is 0 Å². The first-order valence-corrected chi connectivity index (χ1v) is 5.68. The van der Waals surface area contributed by atoms with Crippen molar-refractivity contribution in [2.24, 2.45) is 0 Å². The number of likely N-dealkylation sites (N-methyl/N-ethyl adjacent to an activating group) is 1. The summed E-state index contributed by atoms with van der Waals surface area (Å²) >= 11 is 0. The van der Waals surface area contributed by atoms with E-state index in [4.69, 9.17) is 9.15 Å². The van der Waals surface area contributed by atoms with E-state index in [0.717, 1.165) is 24.9 Å². The molecule has 2 rings (SSSR count). The molecule has 1 fully saturated rings. The number of furan rings is 1. The maximum Gasteiger partial charge on any atom is 0.0947 e. The fourth-order valence-electron chi connectivity index (χ4n) is 2.16. The number of nitrogens with zero attached hydrogens (tertiary/aromatic N) is 1. The molecule has 0 saturated carbocycles. The summed E-state index contributed by atoms with van der Waals surface area (Å²) in [6.45, 7) is 2.81. The number of ether oxygens (including phenoxy) is 1. The van der Waals surface area contributed by atoms with E-state index in [-0.39, 0.29) is 0 Å². The molecule has 0 atom stereocenters. The third-order valence-electron chi connectivity index (χ3n) is 3.02. The first-order valence-electron chi connectivity index (χ1n) is 5.68. The van der Waals surface area contributed by atoms with E-state index < -0.39 is 5.60 Å². The lowest BCUT2D eigenvalue weighted by atomic mass is 9.94. The first-order chi connectivity index (χ1) is 7.68. The maximum atomic E-state index is 10.3. The summed E-state index contributed by atoms with van der Waals surface area (Å²) in [7, 11) is 2.01. The minimum Gasteiger partial charge on any atom is -0.472 e. The van der Waals surface area contributed by atoms with Crippen LogP contribution in [0.25, 0.3) is 0 Å². The Hall–Kier alpha value is -0.840. The van der Waals surface area contributed by atoms with E-state index in [1.807, 2.05) is 13.1 Å². The third-order valence-corrected chi connectivity index (χ3v) is 3.02.